The molecule has 0 aliphatic heterocycles. The van der Waals surface area contributed by atoms with Gasteiger partial charge in [0, 0.05) is 26.8 Å². The minimum atomic E-state index is -0.325. The molecule has 0 radical (unpaired) electrons. The monoisotopic (exact) mass is 226 g/mol. The molecule has 1 aromatic heterocycles. The van der Waals surface area contributed by atoms with E-state index < -0.39 is 0 Å². The van der Waals surface area contributed by atoms with Gasteiger partial charge in [-0.05, 0) is 13.8 Å². The highest BCUT2D eigenvalue weighted by Crippen LogP contribution is 2.07. The zero-order chi connectivity index (χ0) is 12.1. The van der Waals surface area contributed by atoms with Crippen LogP contribution in [0.4, 0.5) is 0 Å². The van der Waals surface area contributed by atoms with Crippen LogP contribution in [0, 0.1) is 6.92 Å². The largest absolute Gasteiger partial charge is 0.462 e. The van der Waals surface area contributed by atoms with Crippen LogP contribution in [0.3, 0.4) is 0 Å². The number of nitrogens with zero attached hydrogens (tertiary/aromatic N) is 2. The molecule has 5 heteroatoms. The van der Waals surface area contributed by atoms with Crippen LogP contribution in [0.25, 0.3) is 0 Å². The van der Waals surface area contributed by atoms with Crippen molar-refractivity contribution in [3.8, 4) is 0 Å². The first-order valence-corrected chi connectivity index (χ1v) is 5.24. The Bertz CT molecular complexity index is 360. The molecular weight excluding hydrogens is 208 g/mol. The molecule has 0 aliphatic carbocycles. The fraction of sp³-hybridized carbons (Fsp3) is 0.636. The first-order chi connectivity index (χ1) is 7.54. The van der Waals surface area contributed by atoms with Gasteiger partial charge >= 0.3 is 5.97 Å². The van der Waals surface area contributed by atoms with E-state index >= 15 is 0 Å². The third kappa shape index (κ3) is 3.34. The molecule has 90 valence electrons. The van der Waals surface area contributed by atoms with Gasteiger partial charge in [-0.15, -0.1) is 0 Å². The van der Waals surface area contributed by atoms with Gasteiger partial charge in [-0.2, -0.15) is 5.10 Å². The summed E-state index contributed by atoms with van der Waals surface area (Å²) in [7, 11) is 3.41. The summed E-state index contributed by atoms with van der Waals surface area (Å²) in [6.45, 7) is 4.08. The fourth-order valence-corrected chi connectivity index (χ4v) is 1.31. The van der Waals surface area contributed by atoms with Gasteiger partial charge in [-0.25, -0.2) is 4.79 Å². The maximum absolute atomic E-state index is 11.6. The Balaban J connectivity index is 2.44. The number of aryl methyl sites for hydroxylation is 2. The number of rotatable bonds is 5. The maximum atomic E-state index is 11.6. The van der Waals surface area contributed by atoms with E-state index in [1.807, 2.05) is 6.92 Å². The zero-order valence-electron chi connectivity index (χ0n) is 10.2. The van der Waals surface area contributed by atoms with Crippen molar-refractivity contribution in [3.05, 3.63) is 17.5 Å². The van der Waals surface area contributed by atoms with Crippen molar-refractivity contribution in [1.29, 1.82) is 0 Å². The smallest absolute Gasteiger partial charge is 0.341 e. The average Bonchev–Trinajstić information content (AvgIpc) is 2.57. The van der Waals surface area contributed by atoms with E-state index in [-0.39, 0.29) is 12.1 Å². The summed E-state index contributed by atoms with van der Waals surface area (Å²) in [5, 5.41) is 4.08. The predicted molar refractivity (Wildman–Crippen MR) is 59.3 cm³/mol. The van der Waals surface area contributed by atoms with Gasteiger partial charge in [0.15, 0.2) is 0 Å². The lowest BCUT2D eigenvalue weighted by molar-refractivity contribution is 0.0390. The molecule has 0 spiro atoms. The number of methoxy groups -OCH3 is 1. The van der Waals surface area contributed by atoms with Gasteiger partial charge in [0.05, 0.1) is 18.4 Å². The van der Waals surface area contributed by atoms with Crippen LogP contribution in [-0.2, 0) is 16.5 Å². The van der Waals surface area contributed by atoms with E-state index in [2.05, 4.69) is 5.10 Å². The lowest BCUT2D eigenvalue weighted by atomic mass is 10.2. The lowest BCUT2D eigenvalue weighted by Crippen LogP contribution is -2.13. The molecular formula is C11H18N2O3. The summed E-state index contributed by atoms with van der Waals surface area (Å²) in [6, 6.07) is 0. The van der Waals surface area contributed by atoms with Crippen LogP contribution < -0.4 is 0 Å². The van der Waals surface area contributed by atoms with Crippen molar-refractivity contribution in [2.45, 2.75) is 26.4 Å². The van der Waals surface area contributed by atoms with Crippen molar-refractivity contribution in [3.63, 3.8) is 0 Å². The minimum Gasteiger partial charge on any atom is -0.462 e. The van der Waals surface area contributed by atoms with Crippen LogP contribution in [0.2, 0.25) is 0 Å². The van der Waals surface area contributed by atoms with E-state index in [0.717, 1.165) is 0 Å². The summed E-state index contributed by atoms with van der Waals surface area (Å²) >= 11 is 0. The van der Waals surface area contributed by atoms with Crippen LogP contribution in [-0.4, -0.2) is 35.6 Å². The minimum absolute atomic E-state index is 0.0998. The SMILES string of the molecule is CO[C@H](C)CCOC(=O)c1cn(C)nc1C. The number of carbonyl (C=O) groups excluding carboxylic acids is 1. The molecule has 0 unspecified atom stereocenters. The van der Waals surface area contributed by atoms with Gasteiger partial charge in [-0.3, -0.25) is 4.68 Å². The number of hydrogen-bond donors (Lipinski definition) is 0. The predicted octanol–water partition coefficient (Wildman–Crippen LogP) is 1.31. The van der Waals surface area contributed by atoms with Crippen LogP contribution >= 0.6 is 0 Å². The second-order valence-electron chi connectivity index (χ2n) is 3.77. The summed E-state index contributed by atoms with van der Waals surface area (Å²) in [5.74, 6) is -0.325. The molecule has 0 saturated heterocycles. The second-order valence-corrected chi connectivity index (χ2v) is 3.77. The van der Waals surface area contributed by atoms with Gasteiger partial charge in [0.25, 0.3) is 0 Å². The first kappa shape index (κ1) is 12.7. The third-order valence-electron chi connectivity index (χ3n) is 2.39. The zero-order valence-corrected chi connectivity index (χ0v) is 10.2. The Morgan fingerprint density at radius 1 is 1.62 bits per heavy atom. The Labute approximate surface area is 95.3 Å². The molecule has 0 bridgehead atoms. The molecule has 1 aromatic rings. The van der Waals surface area contributed by atoms with Gasteiger partial charge < -0.3 is 9.47 Å². The van der Waals surface area contributed by atoms with Crippen LogP contribution in [0.5, 0.6) is 0 Å². The van der Waals surface area contributed by atoms with Crippen molar-refractivity contribution < 1.29 is 14.3 Å². The third-order valence-corrected chi connectivity index (χ3v) is 2.39. The highest BCUT2D eigenvalue weighted by atomic mass is 16.5. The quantitative estimate of drug-likeness (QED) is 0.710. The molecule has 1 atom stereocenters. The molecule has 0 aliphatic rings. The summed E-state index contributed by atoms with van der Waals surface area (Å²) in [5.41, 5.74) is 1.21. The normalized spacial score (nSPS) is 12.5. The second kappa shape index (κ2) is 5.65. The Hall–Kier alpha value is -1.36. The summed E-state index contributed by atoms with van der Waals surface area (Å²) in [4.78, 5) is 11.6. The molecule has 0 saturated carbocycles. The molecule has 0 aromatic carbocycles. The van der Waals surface area contributed by atoms with Gasteiger partial charge in [0.2, 0.25) is 0 Å². The summed E-state index contributed by atoms with van der Waals surface area (Å²) < 4.78 is 11.8. The van der Waals surface area contributed by atoms with E-state index in [1.165, 1.54) is 0 Å². The van der Waals surface area contributed by atoms with E-state index in [0.29, 0.717) is 24.3 Å². The van der Waals surface area contributed by atoms with Crippen LogP contribution in [0.15, 0.2) is 6.20 Å². The van der Waals surface area contributed by atoms with E-state index in [9.17, 15) is 4.79 Å². The highest BCUT2D eigenvalue weighted by Gasteiger charge is 2.14. The van der Waals surface area contributed by atoms with Crippen molar-refractivity contribution >= 4 is 5.97 Å². The molecule has 1 heterocycles. The lowest BCUT2D eigenvalue weighted by Gasteiger charge is -2.09. The Morgan fingerprint density at radius 2 is 2.31 bits per heavy atom. The van der Waals surface area contributed by atoms with Crippen molar-refractivity contribution in [2.75, 3.05) is 13.7 Å². The topological polar surface area (TPSA) is 53.4 Å². The van der Waals surface area contributed by atoms with E-state index in [1.54, 1.807) is 32.0 Å². The number of aromatic nitrogens is 2. The van der Waals surface area contributed by atoms with Gasteiger partial charge in [0.1, 0.15) is 5.56 Å². The molecule has 0 N–H and O–H groups in total. The molecule has 0 amide bonds. The molecule has 16 heavy (non-hydrogen) atoms. The Kier molecular flexibility index (Phi) is 4.49. The van der Waals surface area contributed by atoms with Crippen LogP contribution in [0.1, 0.15) is 29.4 Å². The molecule has 0 fully saturated rings. The van der Waals surface area contributed by atoms with E-state index in [4.69, 9.17) is 9.47 Å². The van der Waals surface area contributed by atoms with Gasteiger partial charge in [-0.1, -0.05) is 0 Å². The average molecular weight is 226 g/mol. The van der Waals surface area contributed by atoms with Crippen molar-refractivity contribution in [2.24, 2.45) is 7.05 Å². The number of hydrogen-bond acceptors (Lipinski definition) is 4. The fourth-order valence-electron chi connectivity index (χ4n) is 1.31. The molecule has 5 nitrogen and oxygen atoms in total. The standard InChI is InChI=1S/C11H18N2O3/c1-8(15-4)5-6-16-11(14)10-7-13(3)12-9(10)2/h7-8H,5-6H2,1-4H3/t8-/m1/s1. The maximum Gasteiger partial charge on any atom is 0.341 e. The summed E-state index contributed by atoms with van der Waals surface area (Å²) in [6.07, 6.45) is 2.46. The number of carbonyl (C=O) groups is 1. The Morgan fingerprint density at radius 3 is 2.81 bits per heavy atom. The number of ether oxygens (including phenoxy) is 2. The molecule has 1 rings (SSSR count). The number of esters is 1. The van der Waals surface area contributed by atoms with Crippen molar-refractivity contribution in [1.82, 2.24) is 9.78 Å². The first-order valence-electron chi connectivity index (χ1n) is 5.24. The highest BCUT2D eigenvalue weighted by molar-refractivity contribution is 5.90.